The maximum Gasteiger partial charge on any atom is 0.341 e. The Hall–Kier alpha value is -1.81. The Bertz CT molecular complexity index is 583. The van der Waals surface area contributed by atoms with Crippen LogP contribution in [0.15, 0.2) is 24.3 Å². The smallest absolute Gasteiger partial charge is 0.341 e. The summed E-state index contributed by atoms with van der Waals surface area (Å²) >= 11 is 5.94. The maximum atomic E-state index is 11.5. The van der Waals surface area contributed by atoms with Gasteiger partial charge in [0.25, 0.3) is 0 Å². The van der Waals surface area contributed by atoms with Crippen LogP contribution in [0.25, 0.3) is 10.9 Å². The van der Waals surface area contributed by atoms with E-state index < -0.39 is 5.97 Å². The molecule has 0 aliphatic carbocycles. The van der Waals surface area contributed by atoms with E-state index in [0.717, 1.165) is 5.39 Å². The number of carbonyl (C=O) groups is 1. The van der Waals surface area contributed by atoms with Gasteiger partial charge in [-0.2, -0.15) is 0 Å². The van der Waals surface area contributed by atoms with E-state index in [9.17, 15) is 4.79 Å². The van der Waals surface area contributed by atoms with E-state index in [0.29, 0.717) is 11.3 Å². The van der Waals surface area contributed by atoms with E-state index in [1.807, 2.05) is 12.1 Å². The predicted octanol–water partition coefficient (Wildman–Crippen LogP) is 2.68. The second-order valence-electron chi connectivity index (χ2n) is 3.35. The molecular formula is C12H10ClNO3. The predicted molar refractivity (Wildman–Crippen MR) is 64.6 cm³/mol. The Morgan fingerprint density at radius 2 is 2.12 bits per heavy atom. The van der Waals surface area contributed by atoms with Crippen LogP contribution in [-0.4, -0.2) is 25.2 Å². The average molecular weight is 252 g/mol. The van der Waals surface area contributed by atoms with Crippen molar-refractivity contribution in [2.75, 3.05) is 14.2 Å². The highest BCUT2D eigenvalue weighted by Crippen LogP contribution is 2.27. The monoisotopic (exact) mass is 251 g/mol. The lowest BCUT2D eigenvalue weighted by atomic mass is 10.1. The number of rotatable bonds is 2. The van der Waals surface area contributed by atoms with Crippen molar-refractivity contribution in [2.45, 2.75) is 0 Å². The van der Waals surface area contributed by atoms with E-state index in [1.54, 1.807) is 19.2 Å². The van der Waals surface area contributed by atoms with Crippen molar-refractivity contribution >= 4 is 28.5 Å². The Kier molecular flexibility index (Phi) is 3.15. The minimum Gasteiger partial charge on any atom is -0.494 e. The zero-order valence-electron chi connectivity index (χ0n) is 9.36. The first kappa shape index (κ1) is 11.7. The van der Waals surface area contributed by atoms with Gasteiger partial charge in [0.15, 0.2) is 0 Å². The number of hydrogen-bond donors (Lipinski definition) is 0. The SMILES string of the molecule is COC(=O)c1cc2cccc(OC)c2nc1Cl. The van der Waals surface area contributed by atoms with Crippen molar-refractivity contribution in [3.8, 4) is 5.75 Å². The first-order chi connectivity index (χ1) is 8.17. The summed E-state index contributed by atoms with van der Waals surface area (Å²) in [6.45, 7) is 0. The van der Waals surface area contributed by atoms with Crippen LogP contribution in [0.5, 0.6) is 5.75 Å². The van der Waals surface area contributed by atoms with Crippen LogP contribution in [0.1, 0.15) is 10.4 Å². The number of halogens is 1. The molecule has 0 unspecified atom stereocenters. The molecule has 0 atom stereocenters. The lowest BCUT2D eigenvalue weighted by Crippen LogP contribution is -2.03. The number of benzene rings is 1. The first-order valence-electron chi connectivity index (χ1n) is 4.89. The molecular weight excluding hydrogens is 242 g/mol. The van der Waals surface area contributed by atoms with E-state index in [4.69, 9.17) is 16.3 Å². The van der Waals surface area contributed by atoms with Crippen LogP contribution in [0.2, 0.25) is 5.15 Å². The fraction of sp³-hybridized carbons (Fsp3) is 0.167. The van der Waals surface area contributed by atoms with Gasteiger partial charge in [0.05, 0.1) is 19.8 Å². The summed E-state index contributed by atoms with van der Waals surface area (Å²) < 4.78 is 9.80. The number of aromatic nitrogens is 1. The highest BCUT2D eigenvalue weighted by molar-refractivity contribution is 6.33. The normalized spacial score (nSPS) is 10.3. The Morgan fingerprint density at radius 1 is 1.35 bits per heavy atom. The fourth-order valence-electron chi connectivity index (χ4n) is 1.57. The number of hydrogen-bond acceptors (Lipinski definition) is 4. The number of ether oxygens (including phenoxy) is 2. The summed E-state index contributed by atoms with van der Waals surface area (Å²) in [5.41, 5.74) is 0.863. The summed E-state index contributed by atoms with van der Waals surface area (Å²) in [5.74, 6) is 0.105. The molecule has 1 aromatic carbocycles. The number of para-hydroxylation sites is 1. The van der Waals surface area contributed by atoms with E-state index in [1.165, 1.54) is 7.11 Å². The van der Waals surface area contributed by atoms with Gasteiger partial charge in [-0.25, -0.2) is 9.78 Å². The standard InChI is InChI=1S/C12H10ClNO3/c1-16-9-5-3-4-7-6-8(12(15)17-2)11(13)14-10(7)9/h3-6H,1-2H3. The quantitative estimate of drug-likeness (QED) is 0.608. The molecule has 5 heteroatoms. The first-order valence-corrected chi connectivity index (χ1v) is 5.26. The molecule has 4 nitrogen and oxygen atoms in total. The van der Waals surface area contributed by atoms with Crippen LogP contribution < -0.4 is 4.74 Å². The van der Waals surface area contributed by atoms with Crippen molar-refractivity contribution in [1.29, 1.82) is 0 Å². The molecule has 17 heavy (non-hydrogen) atoms. The van der Waals surface area contributed by atoms with Crippen molar-refractivity contribution in [1.82, 2.24) is 4.98 Å². The summed E-state index contributed by atoms with van der Waals surface area (Å²) in [4.78, 5) is 15.6. The highest BCUT2D eigenvalue weighted by atomic mass is 35.5. The summed E-state index contributed by atoms with van der Waals surface area (Å²) in [5, 5.41) is 0.878. The Balaban J connectivity index is 2.70. The van der Waals surface area contributed by atoms with Gasteiger partial charge in [0.2, 0.25) is 0 Å². The number of pyridine rings is 1. The molecule has 1 heterocycles. The van der Waals surface area contributed by atoms with Gasteiger partial charge in [-0.05, 0) is 12.1 Å². The number of carbonyl (C=O) groups excluding carboxylic acids is 1. The van der Waals surface area contributed by atoms with Crippen LogP contribution in [-0.2, 0) is 4.74 Å². The van der Waals surface area contributed by atoms with Gasteiger partial charge in [-0.3, -0.25) is 0 Å². The lowest BCUT2D eigenvalue weighted by molar-refractivity contribution is 0.0600. The second-order valence-corrected chi connectivity index (χ2v) is 3.71. The third kappa shape index (κ3) is 2.03. The summed E-state index contributed by atoms with van der Waals surface area (Å²) in [7, 11) is 2.85. The molecule has 88 valence electrons. The molecule has 2 rings (SSSR count). The van der Waals surface area contributed by atoms with Crippen molar-refractivity contribution in [3.05, 3.63) is 35.0 Å². The van der Waals surface area contributed by atoms with Gasteiger partial charge in [-0.15, -0.1) is 0 Å². The Labute approximate surface area is 103 Å². The minimum atomic E-state index is -0.507. The molecule has 2 aromatic rings. The fourth-order valence-corrected chi connectivity index (χ4v) is 1.78. The molecule has 0 amide bonds. The van der Waals surface area contributed by atoms with E-state index >= 15 is 0 Å². The van der Waals surface area contributed by atoms with Crippen LogP contribution in [0.3, 0.4) is 0 Å². The molecule has 0 radical (unpaired) electrons. The van der Waals surface area contributed by atoms with Crippen LogP contribution >= 0.6 is 11.6 Å². The summed E-state index contributed by atoms with van der Waals surface area (Å²) in [6, 6.07) is 7.06. The second kappa shape index (κ2) is 4.59. The number of esters is 1. The zero-order chi connectivity index (χ0) is 12.4. The molecule has 0 aliphatic heterocycles. The molecule has 0 N–H and O–H groups in total. The average Bonchev–Trinajstić information content (AvgIpc) is 2.36. The largest absolute Gasteiger partial charge is 0.494 e. The molecule has 0 saturated carbocycles. The number of fused-ring (bicyclic) bond motifs is 1. The number of methoxy groups -OCH3 is 2. The topological polar surface area (TPSA) is 48.4 Å². The number of nitrogens with zero attached hydrogens (tertiary/aromatic N) is 1. The molecule has 0 fully saturated rings. The van der Waals surface area contributed by atoms with Gasteiger partial charge < -0.3 is 9.47 Å². The third-order valence-electron chi connectivity index (χ3n) is 2.39. The maximum absolute atomic E-state index is 11.5. The van der Waals surface area contributed by atoms with Crippen LogP contribution in [0, 0.1) is 0 Å². The highest BCUT2D eigenvalue weighted by Gasteiger charge is 2.14. The van der Waals surface area contributed by atoms with E-state index in [-0.39, 0.29) is 10.7 Å². The van der Waals surface area contributed by atoms with Gasteiger partial charge >= 0.3 is 5.97 Å². The molecule has 0 bridgehead atoms. The van der Waals surface area contributed by atoms with Gasteiger partial charge in [0, 0.05) is 5.39 Å². The van der Waals surface area contributed by atoms with Crippen LogP contribution in [0.4, 0.5) is 0 Å². The third-order valence-corrected chi connectivity index (χ3v) is 2.68. The minimum absolute atomic E-state index is 0.105. The van der Waals surface area contributed by atoms with Gasteiger partial charge in [-0.1, -0.05) is 23.7 Å². The van der Waals surface area contributed by atoms with Crippen molar-refractivity contribution in [2.24, 2.45) is 0 Å². The molecule has 0 aliphatic rings. The van der Waals surface area contributed by atoms with Gasteiger partial charge in [0.1, 0.15) is 16.4 Å². The lowest BCUT2D eigenvalue weighted by Gasteiger charge is -2.07. The van der Waals surface area contributed by atoms with Crippen molar-refractivity contribution in [3.63, 3.8) is 0 Å². The zero-order valence-corrected chi connectivity index (χ0v) is 10.1. The van der Waals surface area contributed by atoms with E-state index in [2.05, 4.69) is 9.72 Å². The molecule has 0 saturated heterocycles. The van der Waals surface area contributed by atoms with Crippen molar-refractivity contribution < 1.29 is 14.3 Å². The molecule has 0 spiro atoms. The molecule has 1 aromatic heterocycles. The Morgan fingerprint density at radius 3 is 2.76 bits per heavy atom. The summed E-state index contributed by atoms with van der Waals surface area (Å²) in [6.07, 6.45) is 0.